The Balaban J connectivity index is 1.99. The lowest BCUT2D eigenvalue weighted by atomic mass is 9.81. The topological polar surface area (TPSA) is 49.3 Å². The molecule has 2 N–H and O–H groups in total. The van der Waals surface area contributed by atoms with E-state index in [0.717, 1.165) is 25.7 Å². The van der Waals surface area contributed by atoms with Gasteiger partial charge in [-0.1, -0.05) is 12.2 Å². The number of fused-ring (bicyclic) bond motifs is 1. The van der Waals surface area contributed by atoms with Gasteiger partial charge in [-0.2, -0.15) is 0 Å². The van der Waals surface area contributed by atoms with Gasteiger partial charge in [0.05, 0.1) is 0 Å². The summed E-state index contributed by atoms with van der Waals surface area (Å²) in [6.07, 6.45) is 8.31. The Labute approximate surface area is 77.8 Å². The Hall–Kier alpha value is -0.830. The van der Waals surface area contributed by atoms with E-state index in [1.165, 1.54) is 0 Å². The van der Waals surface area contributed by atoms with Gasteiger partial charge in [-0.3, -0.25) is 4.79 Å². The summed E-state index contributed by atoms with van der Waals surface area (Å²) >= 11 is 0. The van der Waals surface area contributed by atoms with Crippen LogP contribution in [0.3, 0.4) is 0 Å². The molecule has 3 unspecified atom stereocenters. The van der Waals surface area contributed by atoms with E-state index in [9.17, 15) is 4.79 Å². The minimum absolute atomic E-state index is 0.312. The fourth-order valence-electron chi connectivity index (χ4n) is 2.31. The molecule has 1 heterocycles. The fraction of sp³-hybridized carbons (Fsp3) is 0.700. The molecule has 0 saturated carbocycles. The van der Waals surface area contributed by atoms with Crippen LogP contribution in [0.2, 0.25) is 0 Å². The first-order valence-electron chi connectivity index (χ1n) is 4.91. The van der Waals surface area contributed by atoms with Crippen LogP contribution in [-0.2, 0) is 4.79 Å². The molecule has 3 heteroatoms. The average Bonchev–Trinajstić information content (AvgIpc) is 2.17. The number of nitrogens with one attached hydrogen (secondary N) is 1. The van der Waals surface area contributed by atoms with E-state index in [2.05, 4.69) is 17.5 Å². The second kappa shape index (κ2) is 3.50. The molecular weight excluding hydrogens is 166 g/mol. The Bertz CT molecular complexity index is 237. The molecule has 0 spiro atoms. The highest BCUT2D eigenvalue weighted by Crippen LogP contribution is 2.28. The summed E-state index contributed by atoms with van der Waals surface area (Å²) in [6, 6.07) is 0.0904. The minimum Gasteiger partial charge on any atom is -0.480 e. The molecule has 0 aromatic carbocycles. The Morgan fingerprint density at radius 3 is 2.85 bits per heavy atom. The van der Waals surface area contributed by atoms with Crippen LogP contribution < -0.4 is 5.32 Å². The number of carbonyl (C=O) groups is 1. The summed E-state index contributed by atoms with van der Waals surface area (Å²) in [7, 11) is 0. The maximum Gasteiger partial charge on any atom is 0.320 e. The first kappa shape index (κ1) is 8.75. The number of hydrogen-bond acceptors (Lipinski definition) is 2. The molecular formula is C10H15NO2. The van der Waals surface area contributed by atoms with E-state index in [1.807, 2.05) is 0 Å². The van der Waals surface area contributed by atoms with Gasteiger partial charge in [-0.05, 0) is 31.6 Å². The zero-order chi connectivity index (χ0) is 9.26. The molecule has 2 rings (SSSR count). The van der Waals surface area contributed by atoms with Crippen molar-refractivity contribution in [3.8, 4) is 0 Å². The zero-order valence-corrected chi connectivity index (χ0v) is 7.57. The highest BCUT2D eigenvalue weighted by molar-refractivity contribution is 5.73. The van der Waals surface area contributed by atoms with Gasteiger partial charge in [0.15, 0.2) is 0 Å². The van der Waals surface area contributed by atoms with Crippen molar-refractivity contribution in [2.45, 2.75) is 37.8 Å². The van der Waals surface area contributed by atoms with Crippen molar-refractivity contribution in [2.75, 3.05) is 0 Å². The maximum atomic E-state index is 10.7. The number of carboxylic acid groups (broad SMARTS) is 1. The zero-order valence-electron chi connectivity index (χ0n) is 7.57. The van der Waals surface area contributed by atoms with Crippen LogP contribution >= 0.6 is 0 Å². The van der Waals surface area contributed by atoms with Crippen molar-refractivity contribution in [3.63, 3.8) is 0 Å². The normalized spacial score (nSPS) is 38.3. The van der Waals surface area contributed by atoms with Gasteiger partial charge in [-0.25, -0.2) is 0 Å². The lowest BCUT2D eigenvalue weighted by molar-refractivity contribution is -0.140. The molecule has 0 radical (unpaired) electrons. The molecule has 72 valence electrons. The van der Waals surface area contributed by atoms with E-state index in [0.29, 0.717) is 12.0 Å². The summed E-state index contributed by atoms with van der Waals surface area (Å²) < 4.78 is 0. The molecule has 13 heavy (non-hydrogen) atoms. The van der Waals surface area contributed by atoms with Crippen molar-refractivity contribution >= 4 is 5.97 Å². The number of carboxylic acids is 1. The third-order valence-corrected chi connectivity index (χ3v) is 3.10. The summed E-state index contributed by atoms with van der Waals surface area (Å²) in [4.78, 5) is 10.7. The van der Waals surface area contributed by atoms with Crippen LogP contribution in [-0.4, -0.2) is 23.2 Å². The quantitative estimate of drug-likeness (QED) is 0.597. The van der Waals surface area contributed by atoms with Crippen LogP contribution in [0.4, 0.5) is 0 Å². The predicted octanol–water partition coefficient (Wildman–Crippen LogP) is 1.16. The van der Waals surface area contributed by atoms with Crippen LogP contribution in [0.5, 0.6) is 0 Å². The summed E-state index contributed by atoms with van der Waals surface area (Å²) in [5.74, 6) is -0.0337. The van der Waals surface area contributed by atoms with Crippen molar-refractivity contribution < 1.29 is 9.90 Å². The molecule has 3 atom stereocenters. The molecule has 3 nitrogen and oxygen atoms in total. The number of hydrogen-bond donors (Lipinski definition) is 2. The van der Waals surface area contributed by atoms with Crippen LogP contribution in [0, 0.1) is 5.92 Å². The third kappa shape index (κ3) is 1.75. The van der Waals surface area contributed by atoms with Crippen LogP contribution in [0.25, 0.3) is 0 Å². The van der Waals surface area contributed by atoms with Crippen molar-refractivity contribution in [2.24, 2.45) is 5.92 Å². The first-order chi connectivity index (χ1) is 6.27. The van der Waals surface area contributed by atoms with Crippen LogP contribution in [0.15, 0.2) is 12.2 Å². The molecule has 0 aromatic heterocycles. The minimum atomic E-state index is -0.701. The Kier molecular flexibility index (Phi) is 2.36. The van der Waals surface area contributed by atoms with Gasteiger partial charge in [0.2, 0.25) is 0 Å². The molecule has 1 aliphatic heterocycles. The number of aliphatic carboxylic acids is 1. The monoisotopic (exact) mass is 181 g/mol. The van der Waals surface area contributed by atoms with Gasteiger partial charge in [0.25, 0.3) is 0 Å². The molecule has 0 aromatic rings. The van der Waals surface area contributed by atoms with E-state index < -0.39 is 5.97 Å². The SMILES string of the molecule is O=C(O)C1CCC2CC=CCC2N1. The second-order valence-electron chi connectivity index (χ2n) is 3.94. The maximum absolute atomic E-state index is 10.7. The van der Waals surface area contributed by atoms with Crippen molar-refractivity contribution in [3.05, 3.63) is 12.2 Å². The molecule has 1 fully saturated rings. The lowest BCUT2D eigenvalue weighted by Gasteiger charge is -2.36. The summed E-state index contributed by atoms with van der Waals surface area (Å²) in [5, 5.41) is 12.1. The van der Waals surface area contributed by atoms with E-state index in [4.69, 9.17) is 5.11 Å². The van der Waals surface area contributed by atoms with Gasteiger partial charge < -0.3 is 10.4 Å². The fourth-order valence-corrected chi connectivity index (χ4v) is 2.31. The van der Waals surface area contributed by atoms with Gasteiger partial charge in [-0.15, -0.1) is 0 Å². The molecule has 1 aliphatic carbocycles. The molecule has 0 bridgehead atoms. The smallest absolute Gasteiger partial charge is 0.320 e. The van der Waals surface area contributed by atoms with Crippen molar-refractivity contribution in [1.29, 1.82) is 0 Å². The number of allylic oxidation sites excluding steroid dienone is 1. The molecule has 1 saturated heterocycles. The van der Waals surface area contributed by atoms with E-state index in [-0.39, 0.29) is 6.04 Å². The van der Waals surface area contributed by atoms with Crippen molar-refractivity contribution in [1.82, 2.24) is 5.32 Å². The van der Waals surface area contributed by atoms with Gasteiger partial charge >= 0.3 is 5.97 Å². The Morgan fingerprint density at radius 1 is 1.31 bits per heavy atom. The molecule has 0 amide bonds. The van der Waals surface area contributed by atoms with Gasteiger partial charge in [0, 0.05) is 6.04 Å². The lowest BCUT2D eigenvalue weighted by Crippen LogP contribution is -2.51. The number of rotatable bonds is 1. The third-order valence-electron chi connectivity index (χ3n) is 3.10. The van der Waals surface area contributed by atoms with E-state index in [1.54, 1.807) is 0 Å². The van der Waals surface area contributed by atoms with E-state index >= 15 is 0 Å². The second-order valence-corrected chi connectivity index (χ2v) is 3.94. The summed E-state index contributed by atoms with van der Waals surface area (Å²) in [5.41, 5.74) is 0. The number of piperidine rings is 1. The predicted molar refractivity (Wildman–Crippen MR) is 49.4 cm³/mol. The molecule has 2 aliphatic rings. The highest BCUT2D eigenvalue weighted by Gasteiger charge is 2.32. The first-order valence-corrected chi connectivity index (χ1v) is 4.91. The van der Waals surface area contributed by atoms with Crippen LogP contribution in [0.1, 0.15) is 25.7 Å². The van der Waals surface area contributed by atoms with Gasteiger partial charge in [0.1, 0.15) is 6.04 Å². The average molecular weight is 181 g/mol. The highest BCUT2D eigenvalue weighted by atomic mass is 16.4. The standard InChI is InChI=1S/C10H15NO2/c12-10(13)9-6-5-7-3-1-2-4-8(7)11-9/h1-2,7-9,11H,3-6H2,(H,12,13). The summed E-state index contributed by atoms with van der Waals surface area (Å²) in [6.45, 7) is 0. The Morgan fingerprint density at radius 2 is 2.08 bits per heavy atom. The largest absolute Gasteiger partial charge is 0.480 e.